The Morgan fingerprint density at radius 3 is 2.74 bits per heavy atom. The van der Waals surface area contributed by atoms with E-state index in [1.165, 1.54) is 12.1 Å². The van der Waals surface area contributed by atoms with E-state index in [1.54, 1.807) is 17.0 Å². The number of morpholine rings is 1. The molecule has 0 N–H and O–H groups in total. The van der Waals surface area contributed by atoms with Crippen LogP contribution in [0.25, 0.3) is 0 Å². The summed E-state index contributed by atoms with van der Waals surface area (Å²) in [5, 5.41) is 0. The molecule has 2 fully saturated rings. The fourth-order valence-corrected chi connectivity index (χ4v) is 3.35. The van der Waals surface area contributed by atoms with Crippen LogP contribution in [-0.4, -0.2) is 48.6 Å². The summed E-state index contributed by atoms with van der Waals surface area (Å²) < 4.78 is 19.0. The Bertz CT molecular complexity index is 604. The van der Waals surface area contributed by atoms with E-state index in [9.17, 15) is 14.0 Å². The Morgan fingerprint density at radius 2 is 2.04 bits per heavy atom. The Labute approximate surface area is 135 Å². The molecule has 0 aliphatic carbocycles. The first-order valence-electron chi connectivity index (χ1n) is 8.01. The maximum atomic E-state index is 13.1. The summed E-state index contributed by atoms with van der Waals surface area (Å²) in [4.78, 5) is 27.7. The van der Waals surface area contributed by atoms with Crippen molar-refractivity contribution in [1.82, 2.24) is 4.90 Å². The van der Waals surface area contributed by atoms with Crippen molar-refractivity contribution in [1.29, 1.82) is 0 Å². The summed E-state index contributed by atoms with van der Waals surface area (Å²) in [6.45, 7) is 3.48. The molecule has 2 aliphatic heterocycles. The van der Waals surface area contributed by atoms with Gasteiger partial charge in [-0.05, 0) is 37.1 Å². The van der Waals surface area contributed by atoms with Crippen LogP contribution >= 0.6 is 0 Å². The molecule has 6 heteroatoms. The van der Waals surface area contributed by atoms with E-state index in [4.69, 9.17) is 4.74 Å². The number of anilines is 1. The van der Waals surface area contributed by atoms with Crippen LogP contribution in [0.5, 0.6) is 0 Å². The van der Waals surface area contributed by atoms with Gasteiger partial charge in [0.2, 0.25) is 5.91 Å². The van der Waals surface area contributed by atoms with Gasteiger partial charge in [-0.15, -0.1) is 0 Å². The summed E-state index contributed by atoms with van der Waals surface area (Å²) in [6.07, 6.45) is 2.14. The van der Waals surface area contributed by atoms with E-state index < -0.39 is 5.60 Å². The number of carbonyl (C=O) groups is 2. The van der Waals surface area contributed by atoms with Crippen molar-refractivity contribution in [3.63, 3.8) is 0 Å². The topological polar surface area (TPSA) is 49.9 Å². The van der Waals surface area contributed by atoms with Gasteiger partial charge in [-0.2, -0.15) is 0 Å². The predicted octanol–water partition coefficient (Wildman–Crippen LogP) is 1.96. The maximum Gasteiger partial charge on any atom is 0.253 e. The quantitative estimate of drug-likeness (QED) is 0.837. The van der Waals surface area contributed by atoms with Gasteiger partial charge in [-0.1, -0.05) is 6.92 Å². The summed E-state index contributed by atoms with van der Waals surface area (Å²) in [5.74, 6) is -0.361. The molecule has 0 aromatic heterocycles. The van der Waals surface area contributed by atoms with Crippen LogP contribution in [-0.2, 0) is 14.3 Å². The van der Waals surface area contributed by atoms with Crippen LogP contribution in [0.3, 0.4) is 0 Å². The number of halogens is 1. The highest BCUT2D eigenvalue weighted by atomic mass is 19.1. The minimum atomic E-state index is -0.522. The van der Waals surface area contributed by atoms with Gasteiger partial charge in [-0.25, -0.2) is 4.39 Å². The van der Waals surface area contributed by atoms with Crippen LogP contribution in [0.4, 0.5) is 10.1 Å². The molecular weight excluding hydrogens is 299 g/mol. The molecule has 1 atom stereocenters. The lowest BCUT2D eigenvalue weighted by Crippen LogP contribution is -2.62. The van der Waals surface area contributed by atoms with Crippen LogP contribution in [0, 0.1) is 5.82 Å². The minimum Gasteiger partial charge on any atom is -0.361 e. The zero-order valence-electron chi connectivity index (χ0n) is 13.3. The van der Waals surface area contributed by atoms with E-state index in [-0.39, 0.29) is 24.2 Å². The van der Waals surface area contributed by atoms with Crippen LogP contribution in [0.1, 0.15) is 26.2 Å². The average molecular weight is 320 g/mol. The molecule has 1 spiro atoms. The SMILES string of the molecule is CCC(=O)N1CCCC2(C1)CN(c1ccc(F)cc1)C(=O)CO2. The fraction of sp³-hybridized carbons (Fsp3) is 0.529. The number of hydrogen-bond donors (Lipinski definition) is 0. The van der Waals surface area contributed by atoms with Gasteiger partial charge in [0.05, 0.1) is 13.1 Å². The molecule has 5 nitrogen and oxygen atoms in total. The highest BCUT2D eigenvalue weighted by Gasteiger charge is 2.44. The lowest BCUT2D eigenvalue weighted by molar-refractivity contribution is -0.153. The standard InChI is InChI=1S/C17H21FN2O3/c1-2-15(21)19-9-3-8-17(11-19)12-20(16(22)10-23-17)14-6-4-13(18)5-7-14/h4-7H,2-3,8-12H2,1H3. The van der Waals surface area contributed by atoms with Gasteiger partial charge >= 0.3 is 0 Å². The van der Waals surface area contributed by atoms with Gasteiger partial charge < -0.3 is 14.5 Å². The van der Waals surface area contributed by atoms with Crippen LogP contribution in [0.2, 0.25) is 0 Å². The van der Waals surface area contributed by atoms with Crippen molar-refractivity contribution in [2.24, 2.45) is 0 Å². The number of nitrogens with zero attached hydrogens (tertiary/aromatic N) is 2. The van der Waals surface area contributed by atoms with Crippen LogP contribution in [0.15, 0.2) is 24.3 Å². The van der Waals surface area contributed by atoms with Crippen LogP contribution < -0.4 is 4.90 Å². The monoisotopic (exact) mass is 320 g/mol. The molecule has 1 unspecified atom stereocenters. The number of carbonyl (C=O) groups excluding carboxylic acids is 2. The van der Waals surface area contributed by atoms with Crippen molar-refractivity contribution >= 4 is 17.5 Å². The van der Waals surface area contributed by atoms with Crippen molar-refractivity contribution in [2.45, 2.75) is 31.8 Å². The second kappa shape index (κ2) is 6.28. The first-order valence-corrected chi connectivity index (χ1v) is 8.01. The van der Waals surface area contributed by atoms with E-state index in [0.29, 0.717) is 25.2 Å². The summed E-state index contributed by atoms with van der Waals surface area (Å²) in [5.41, 5.74) is 0.142. The Morgan fingerprint density at radius 1 is 1.30 bits per heavy atom. The molecular formula is C17H21FN2O3. The number of benzene rings is 1. The second-order valence-electron chi connectivity index (χ2n) is 6.20. The van der Waals surface area contributed by atoms with E-state index in [1.807, 2.05) is 11.8 Å². The molecule has 1 aromatic rings. The number of ether oxygens (including phenoxy) is 1. The van der Waals surface area contributed by atoms with Crippen molar-refractivity contribution in [2.75, 3.05) is 31.1 Å². The molecule has 0 saturated carbocycles. The molecule has 2 aliphatic rings. The molecule has 2 amide bonds. The lowest BCUT2D eigenvalue weighted by Gasteiger charge is -2.47. The van der Waals surface area contributed by atoms with Gasteiger partial charge in [0.25, 0.3) is 5.91 Å². The molecule has 0 radical (unpaired) electrons. The van der Waals surface area contributed by atoms with E-state index >= 15 is 0 Å². The third-order valence-corrected chi connectivity index (χ3v) is 4.58. The number of piperidine rings is 1. The third-order valence-electron chi connectivity index (χ3n) is 4.58. The average Bonchev–Trinajstić information content (AvgIpc) is 2.57. The zero-order valence-corrected chi connectivity index (χ0v) is 13.3. The number of likely N-dealkylation sites (tertiary alicyclic amines) is 1. The molecule has 23 heavy (non-hydrogen) atoms. The van der Waals surface area contributed by atoms with Gasteiger partial charge in [0.15, 0.2) is 0 Å². The smallest absolute Gasteiger partial charge is 0.253 e. The fourth-order valence-electron chi connectivity index (χ4n) is 3.35. The van der Waals surface area contributed by atoms with E-state index in [0.717, 1.165) is 19.4 Å². The highest BCUT2D eigenvalue weighted by molar-refractivity contribution is 5.95. The largest absolute Gasteiger partial charge is 0.361 e. The second-order valence-corrected chi connectivity index (χ2v) is 6.20. The molecule has 3 rings (SSSR count). The highest BCUT2D eigenvalue weighted by Crippen LogP contribution is 2.32. The third kappa shape index (κ3) is 3.22. The first-order chi connectivity index (χ1) is 11.0. The Balaban J connectivity index is 1.80. The molecule has 2 heterocycles. The lowest BCUT2D eigenvalue weighted by atomic mass is 9.90. The minimum absolute atomic E-state index is 0.00840. The van der Waals surface area contributed by atoms with Gasteiger partial charge in [0.1, 0.15) is 18.0 Å². The van der Waals surface area contributed by atoms with Gasteiger partial charge in [-0.3, -0.25) is 9.59 Å². The Hall–Kier alpha value is -1.95. The summed E-state index contributed by atoms with van der Waals surface area (Å²) in [6, 6.07) is 5.89. The normalized spacial score (nSPS) is 25.0. The number of rotatable bonds is 2. The van der Waals surface area contributed by atoms with Gasteiger partial charge in [0, 0.05) is 18.7 Å². The predicted molar refractivity (Wildman–Crippen MR) is 83.5 cm³/mol. The van der Waals surface area contributed by atoms with Crippen molar-refractivity contribution < 1.29 is 18.7 Å². The van der Waals surface area contributed by atoms with Crippen molar-refractivity contribution in [3.05, 3.63) is 30.1 Å². The summed E-state index contributed by atoms with van der Waals surface area (Å²) >= 11 is 0. The first kappa shape index (κ1) is 15.9. The number of amides is 2. The van der Waals surface area contributed by atoms with E-state index in [2.05, 4.69) is 0 Å². The van der Waals surface area contributed by atoms with Crippen molar-refractivity contribution in [3.8, 4) is 0 Å². The Kier molecular flexibility index (Phi) is 4.35. The number of hydrogen-bond acceptors (Lipinski definition) is 3. The molecule has 124 valence electrons. The maximum absolute atomic E-state index is 13.1. The molecule has 0 bridgehead atoms. The molecule has 2 saturated heterocycles. The zero-order chi connectivity index (χ0) is 16.4. The molecule has 1 aromatic carbocycles. The summed E-state index contributed by atoms with van der Waals surface area (Å²) in [7, 11) is 0.